The fourth-order valence-corrected chi connectivity index (χ4v) is 4.98. The van der Waals surface area contributed by atoms with Crippen molar-refractivity contribution in [2.24, 2.45) is 13.0 Å². The van der Waals surface area contributed by atoms with E-state index in [-0.39, 0.29) is 17.7 Å². The van der Waals surface area contributed by atoms with Crippen molar-refractivity contribution in [1.29, 1.82) is 0 Å². The molecular formula is C18H21N5OS2. The minimum Gasteiger partial charge on any atom is -0.315 e. The third-order valence-electron chi connectivity index (χ3n) is 4.70. The van der Waals surface area contributed by atoms with Gasteiger partial charge in [0.05, 0.1) is 22.7 Å². The molecule has 0 unspecified atom stereocenters. The maximum absolute atomic E-state index is 12.8. The van der Waals surface area contributed by atoms with Crippen molar-refractivity contribution in [3.05, 3.63) is 40.3 Å². The first-order chi connectivity index (χ1) is 12.6. The number of thiophene rings is 1. The van der Waals surface area contributed by atoms with Gasteiger partial charge in [0.15, 0.2) is 5.13 Å². The molecule has 1 saturated heterocycles. The summed E-state index contributed by atoms with van der Waals surface area (Å²) in [5, 5.41) is 13.2. The largest absolute Gasteiger partial charge is 0.315 e. The van der Waals surface area contributed by atoms with Crippen LogP contribution in [0.5, 0.6) is 0 Å². The monoisotopic (exact) mass is 387 g/mol. The van der Waals surface area contributed by atoms with Crippen LogP contribution in [0.15, 0.2) is 29.9 Å². The highest BCUT2D eigenvalue weighted by atomic mass is 32.1. The number of aromatic nitrogens is 3. The van der Waals surface area contributed by atoms with Crippen molar-refractivity contribution in [2.75, 3.05) is 18.4 Å². The molecule has 8 heteroatoms. The van der Waals surface area contributed by atoms with Crippen LogP contribution in [-0.4, -0.2) is 33.8 Å². The molecule has 4 rings (SSSR count). The number of hydrogen-bond acceptors (Lipinski definition) is 6. The Kier molecular flexibility index (Phi) is 4.88. The van der Waals surface area contributed by atoms with E-state index >= 15 is 0 Å². The predicted molar refractivity (Wildman–Crippen MR) is 106 cm³/mol. The van der Waals surface area contributed by atoms with Crippen LogP contribution in [0.2, 0.25) is 0 Å². The van der Waals surface area contributed by atoms with Crippen molar-refractivity contribution >= 4 is 33.7 Å². The van der Waals surface area contributed by atoms with E-state index in [9.17, 15) is 4.79 Å². The molecular weight excluding hydrogens is 366 g/mol. The summed E-state index contributed by atoms with van der Waals surface area (Å²) in [6, 6.07) is 4.24. The van der Waals surface area contributed by atoms with E-state index in [4.69, 9.17) is 0 Å². The second-order valence-electron chi connectivity index (χ2n) is 6.47. The Bertz CT molecular complexity index is 912. The predicted octanol–water partition coefficient (Wildman–Crippen LogP) is 3.11. The van der Waals surface area contributed by atoms with Crippen LogP contribution >= 0.6 is 22.7 Å². The quantitative estimate of drug-likeness (QED) is 0.706. The Hall–Kier alpha value is -2.03. The molecule has 0 bridgehead atoms. The van der Waals surface area contributed by atoms with E-state index in [1.165, 1.54) is 16.2 Å². The lowest BCUT2D eigenvalue weighted by molar-refractivity contribution is -0.119. The Morgan fingerprint density at radius 3 is 3.04 bits per heavy atom. The highest BCUT2D eigenvalue weighted by Gasteiger charge is 2.35. The maximum atomic E-state index is 12.8. The number of nitrogens with zero attached hydrogens (tertiary/aromatic N) is 3. The third-order valence-corrected chi connectivity index (χ3v) is 6.71. The van der Waals surface area contributed by atoms with E-state index < -0.39 is 0 Å². The molecule has 0 aromatic carbocycles. The third kappa shape index (κ3) is 3.44. The molecule has 2 N–H and O–H groups in total. The van der Waals surface area contributed by atoms with Crippen molar-refractivity contribution in [1.82, 2.24) is 20.1 Å². The zero-order valence-electron chi connectivity index (χ0n) is 14.7. The minimum absolute atomic E-state index is 0.0187. The molecule has 3 aromatic rings. The smallest absolute Gasteiger partial charge is 0.231 e. The molecule has 3 aromatic heterocycles. The van der Waals surface area contributed by atoms with Gasteiger partial charge in [-0.2, -0.15) is 5.10 Å². The molecule has 4 heterocycles. The first kappa shape index (κ1) is 17.4. The minimum atomic E-state index is -0.111. The highest BCUT2D eigenvalue weighted by molar-refractivity contribution is 7.17. The van der Waals surface area contributed by atoms with Gasteiger partial charge in [-0.05, 0) is 24.1 Å². The topological polar surface area (TPSA) is 71.8 Å². The Morgan fingerprint density at radius 1 is 1.42 bits per heavy atom. The number of carbonyl (C=O) groups excluding carboxylic acids is 1. The van der Waals surface area contributed by atoms with Crippen LogP contribution in [0.3, 0.4) is 0 Å². The van der Waals surface area contributed by atoms with Crippen LogP contribution in [0, 0.1) is 5.92 Å². The molecule has 2 atom stereocenters. The first-order valence-electron chi connectivity index (χ1n) is 8.68. The number of nitrogens with one attached hydrogen (secondary N) is 2. The normalized spacial score (nSPS) is 19.8. The molecule has 1 fully saturated rings. The molecule has 6 nitrogen and oxygen atoms in total. The van der Waals surface area contributed by atoms with Gasteiger partial charge in [0, 0.05) is 42.5 Å². The standard InChI is InChI=1S/C18H21N5OS2/c1-3-12-4-5-16(26-12)15-10-25-18(21-15)22-17(24)14-8-19-7-13(14)11-6-20-23(2)9-11/h4-6,9-10,13-14,19H,3,7-8H2,1-2H3,(H,21,22,24)/t13-,14+/m1/s1. The van der Waals surface area contributed by atoms with Crippen LogP contribution in [0.1, 0.15) is 23.3 Å². The molecule has 1 amide bonds. The van der Waals surface area contributed by atoms with E-state index in [1.54, 1.807) is 16.0 Å². The summed E-state index contributed by atoms with van der Waals surface area (Å²) in [6.07, 6.45) is 4.87. The number of amides is 1. The van der Waals surface area contributed by atoms with Crippen LogP contribution in [0.4, 0.5) is 5.13 Å². The average molecular weight is 388 g/mol. The van der Waals surface area contributed by atoms with Crippen molar-refractivity contribution in [2.45, 2.75) is 19.3 Å². The fourth-order valence-electron chi connectivity index (χ4n) is 3.28. The number of carbonyl (C=O) groups is 1. The second kappa shape index (κ2) is 7.30. The number of rotatable bonds is 5. The van der Waals surface area contributed by atoms with Gasteiger partial charge in [-0.3, -0.25) is 9.48 Å². The molecule has 0 radical (unpaired) electrons. The zero-order valence-corrected chi connectivity index (χ0v) is 16.4. The van der Waals surface area contributed by atoms with E-state index in [0.29, 0.717) is 11.7 Å². The van der Waals surface area contributed by atoms with Gasteiger partial charge in [0.1, 0.15) is 0 Å². The van der Waals surface area contributed by atoms with E-state index in [0.717, 1.165) is 29.1 Å². The van der Waals surface area contributed by atoms with Gasteiger partial charge in [-0.1, -0.05) is 6.92 Å². The summed E-state index contributed by atoms with van der Waals surface area (Å²) < 4.78 is 1.78. The van der Waals surface area contributed by atoms with E-state index in [1.807, 2.05) is 24.8 Å². The fraction of sp³-hybridized carbons (Fsp3) is 0.389. The van der Waals surface area contributed by atoms with Crippen molar-refractivity contribution in [3.8, 4) is 10.6 Å². The lowest BCUT2D eigenvalue weighted by Crippen LogP contribution is -2.27. The Labute approximate surface area is 160 Å². The molecule has 136 valence electrons. The molecule has 1 aliphatic heterocycles. The number of hydrogen-bond donors (Lipinski definition) is 2. The van der Waals surface area contributed by atoms with Crippen LogP contribution < -0.4 is 10.6 Å². The maximum Gasteiger partial charge on any atom is 0.231 e. The highest BCUT2D eigenvalue weighted by Crippen LogP contribution is 2.32. The molecule has 0 aliphatic carbocycles. The van der Waals surface area contributed by atoms with Gasteiger partial charge in [-0.25, -0.2) is 4.98 Å². The van der Waals surface area contributed by atoms with Crippen LogP contribution in [0.25, 0.3) is 10.6 Å². The van der Waals surface area contributed by atoms with Gasteiger partial charge < -0.3 is 10.6 Å². The van der Waals surface area contributed by atoms with E-state index in [2.05, 4.69) is 39.8 Å². The Morgan fingerprint density at radius 2 is 2.31 bits per heavy atom. The lowest BCUT2D eigenvalue weighted by Gasteiger charge is -2.15. The summed E-state index contributed by atoms with van der Waals surface area (Å²) in [5.74, 6) is 0.0534. The SMILES string of the molecule is CCc1ccc(-c2csc(NC(=O)[C@H]3CNC[C@@H]3c3cnn(C)c3)n2)s1. The van der Waals surface area contributed by atoms with Gasteiger partial charge in [0.2, 0.25) is 5.91 Å². The molecule has 26 heavy (non-hydrogen) atoms. The molecule has 1 aliphatic rings. The summed E-state index contributed by atoms with van der Waals surface area (Å²) in [5.41, 5.74) is 2.03. The summed E-state index contributed by atoms with van der Waals surface area (Å²) in [7, 11) is 1.90. The zero-order chi connectivity index (χ0) is 18.1. The summed E-state index contributed by atoms with van der Waals surface area (Å²) in [4.78, 5) is 19.9. The summed E-state index contributed by atoms with van der Waals surface area (Å²) in [6.45, 7) is 3.62. The molecule has 0 saturated carbocycles. The second-order valence-corrected chi connectivity index (χ2v) is 8.49. The molecule has 0 spiro atoms. The Balaban J connectivity index is 1.46. The van der Waals surface area contributed by atoms with Crippen molar-refractivity contribution in [3.63, 3.8) is 0 Å². The van der Waals surface area contributed by atoms with Crippen molar-refractivity contribution < 1.29 is 4.79 Å². The number of aryl methyl sites for hydroxylation is 2. The van der Waals surface area contributed by atoms with Crippen LogP contribution in [-0.2, 0) is 18.3 Å². The number of anilines is 1. The van der Waals surface area contributed by atoms with Gasteiger partial charge in [0.25, 0.3) is 0 Å². The average Bonchev–Trinajstić information content (AvgIpc) is 3.40. The number of thiazole rings is 1. The first-order valence-corrected chi connectivity index (χ1v) is 10.4. The lowest BCUT2D eigenvalue weighted by atomic mass is 9.90. The van der Waals surface area contributed by atoms with Gasteiger partial charge in [-0.15, -0.1) is 22.7 Å². The van der Waals surface area contributed by atoms with Gasteiger partial charge >= 0.3 is 0 Å². The summed E-state index contributed by atoms with van der Waals surface area (Å²) >= 11 is 3.23.